The van der Waals surface area contributed by atoms with E-state index in [-0.39, 0.29) is 34.7 Å². The number of nitrogens with two attached hydrogens (primary N) is 2. The molecule has 0 saturated heterocycles. The number of halogens is 7. The second-order valence-corrected chi connectivity index (χ2v) is 28.6. The van der Waals surface area contributed by atoms with Crippen molar-refractivity contribution in [2.24, 2.45) is 11.5 Å². The number of carboxylic acid groups (broad SMARTS) is 3. The van der Waals surface area contributed by atoms with Crippen molar-refractivity contribution in [2.75, 3.05) is 16.0 Å². The highest BCUT2D eigenvalue weighted by Crippen LogP contribution is 2.46. The molecule has 556 valence electrons. The number of hydrogen-bond donors (Lipinski definition) is 9. The quantitative estimate of drug-likeness (QED) is 0.0406. The molecule has 0 bridgehead atoms. The van der Waals surface area contributed by atoms with E-state index in [2.05, 4.69) is 41.2 Å². The molecule has 0 aliphatic heterocycles. The lowest BCUT2D eigenvalue weighted by atomic mass is 9.65. The lowest BCUT2D eigenvalue weighted by Gasteiger charge is -2.43. The fourth-order valence-electron chi connectivity index (χ4n) is 11.7. The molecular formula is C80H71Cl7N10O11. The number of nitrogens with zero attached hydrogens (tertiary/aromatic N) is 4. The van der Waals surface area contributed by atoms with E-state index in [4.69, 9.17) is 103 Å². The monoisotopic (exact) mass is 1590 g/mol. The highest BCUT2D eigenvalue weighted by molar-refractivity contribution is 6.33. The third-order valence-electron chi connectivity index (χ3n) is 18.6. The van der Waals surface area contributed by atoms with Gasteiger partial charge in [0.15, 0.2) is 0 Å². The average Bonchev–Trinajstić information content (AvgIpc) is 0.779. The maximum atomic E-state index is 12.7. The van der Waals surface area contributed by atoms with Crippen molar-refractivity contribution in [1.29, 1.82) is 0 Å². The number of aromatic nitrogens is 4. The molecule has 4 aromatic heterocycles. The van der Waals surface area contributed by atoms with Crippen LogP contribution in [0, 0.1) is 0 Å². The first-order valence-corrected chi connectivity index (χ1v) is 36.3. The zero-order valence-electron chi connectivity index (χ0n) is 57.5. The van der Waals surface area contributed by atoms with Crippen LogP contribution in [-0.4, -0.2) is 82.7 Å². The summed E-state index contributed by atoms with van der Waals surface area (Å²) in [7, 11) is 0. The maximum absolute atomic E-state index is 12.7. The minimum Gasteiger partial charge on any atom is -0.481 e. The Bertz CT molecular complexity index is 4860. The van der Waals surface area contributed by atoms with Crippen LogP contribution >= 0.6 is 81.2 Å². The van der Waals surface area contributed by atoms with E-state index in [9.17, 15) is 43.5 Å². The van der Waals surface area contributed by atoms with E-state index < -0.39 is 40.2 Å². The Labute approximate surface area is 656 Å². The third-order valence-corrected chi connectivity index (χ3v) is 20.2. The summed E-state index contributed by atoms with van der Waals surface area (Å²) < 4.78 is 0. The fraction of sp³-hybridized carbons (Fsp3) is 0.200. The van der Waals surface area contributed by atoms with Crippen LogP contribution < -0.4 is 32.7 Å². The van der Waals surface area contributed by atoms with Gasteiger partial charge in [-0.1, -0.05) is 143 Å². The molecule has 21 nitrogen and oxygen atoms in total. The predicted molar refractivity (Wildman–Crippen MR) is 419 cm³/mol. The molecule has 10 aromatic rings. The summed E-state index contributed by atoms with van der Waals surface area (Å²) >= 11 is 40.3. The van der Waals surface area contributed by atoms with E-state index in [1.807, 2.05) is 12.1 Å². The zero-order chi connectivity index (χ0) is 77.8. The molecule has 4 saturated carbocycles. The Balaban J connectivity index is 0.000000156. The molecule has 6 aromatic carbocycles. The fourth-order valence-corrected chi connectivity index (χ4v) is 12.8. The molecule has 14 rings (SSSR count). The van der Waals surface area contributed by atoms with E-state index in [1.165, 1.54) is 24.4 Å². The van der Waals surface area contributed by atoms with Crippen LogP contribution in [0.25, 0.3) is 0 Å². The standard InChI is InChI=1S/C23H19Cl2N3O2.C17H15ClN2O3.C16H16ClN3O.C10H10ClNO2.C7H6ClNO.C7H5ClO2/c24-18-8-5-15(6-9-18)22(30)28-23(11-2-12-23)17-7-10-20(26-14-17)27-21(29)16-3-1-4-19(25)13-16;18-13-4-1-3-11(9-13)15(21)20-14-6-5-12(10-19-14)17(16(22)23)7-2-8-17;17-13-4-1-3-11(9-13)15(21)20-14-6-5-12(10-19-14)16(18)7-2-8-16;11-8-3-2-7(6-12-8)10(9(13)14)4-1-5-10;8-6-3-1-2-5(4-6)7(9)10;8-6-3-1-5(2-4-6)7(9)10/h1,3-10,13-14H,2,11-12H2,(H,28,30)(H,26,27,29);1,3-6,9-10H,2,7-8H2,(H,22,23)(H,19,20,21);1,3-6,9-10H,2,7-8,18H2,(H,19,20,21);2-3,6H,1,4-5H2,(H,13,14);1-4H,(H2,9,10);1-4H,(H,9,10). The van der Waals surface area contributed by atoms with Gasteiger partial charge < -0.3 is 48.1 Å². The van der Waals surface area contributed by atoms with Crippen LogP contribution in [0.2, 0.25) is 35.3 Å². The average molecular weight is 1600 g/mol. The number of rotatable bonds is 16. The van der Waals surface area contributed by atoms with Gasteiger partial charge in [0.1, 0.15) is 22.6 Å². The van der Waals surface area contributed by atoms with E-state index in [0.29, 0.717) is 112 Å². The molecule has 11 N–H and O–H groups in total. The Morgan fingerprint density at radius 2 is 0.685 bits per heavy atom. The van der Waals surface area contributed by atoms with Crippen LogP contribution in [0.15, 0.2) is 219 Å². The lowest BCUT2D eigenvalue weighted by Crippen LogP contribution is -2.50. The Kier molecular flexibility index (Phi) is 28.4. The Morgan fingerprint density at radius 1 is 0.343 bits per heavy atom. The van der Waals surface area contributed by atoms with Gasteiger partial charge in [0.25, 0.3) is 23.6 Å². The minimum absolute atomic E-state index is 0.148. The summed E-state index contributed by atoms with van der Waals surface area (Å²) in [6, 6.07) is 53.5. The summed E-state index contributed by atoms with van der Waals surface area (Å²) in [6.07, 6.45) is 16.9. The third kappa shape index (κ3) is 21.7. The molecule has 108 heavy (non-hydrogen) atoms. The molecule has 4 fully saturated rings. The molecule has 4 aliphatic rings. The van der Waals surface area contributed by atoms with Gasteiger partial charge >= 0.3 is 17.9 Å². The van der Waals surface area contributed by atoms with E-state index >= 15 is 0 Å². The lowest BCUT2D eigenvalue weighted by molar-refractivity contribution is -0.148. The number of hydrogen-bond acceptors (Lipinski definition) is 13. The van der Waals surface area contributed by atoms with Crippen molar-refractivity contribution < 1.29 is 53.7 Å². The van der Waals surface area contributed by atoms with Crippen LogP contribution in [0.4, 0.5) is 17.5 Å². The minimum atomic E-state index is -0.934. The number of pyridine rings is 4. The number of amides is 5. The van der Waals surface area contributed by atoms with Crippen molar-refractivity contribution >= 4 is 146 Å². The summed E-state index contributed by atoms with van der Waals surface area (Å²) in [5.74, 6) is -2.63. The summed E-state index contributed by atoms with van der Waals surface area (Å²) in [6.45, 7) is 0. The molecule has 0 radical (unpaired) electrons. The first kappa shape index (κ1) is 81.7. The van der Waals surface area contributed by atoms with Crippen LogP contribution in [0.5, 0.6) is 0 Å². The smallest absolute Gasteiger partial charge is 0.335 e. The number of anilines is 3. The second kappa shape index (κ2) is 37.5. The molecule has 0 spiro atoms. The SMILES string of the molecule is NC(=O)c1cccc(Cl)c1.NC1(c2ccc(NC(=O)c3cccc(Cl)c3)nc2)CCC1.O=C(Nc1ccc(C2(C(=O)O)CCC2)cn1)c1cccc(Cl)c1.O=C(Nc1ccc(C2(NC(=O)c3ccc(Cl)cc3)CCC2)cn1)c1cccc(Cl)c1.O=C(O)C1(c2ccc(Cl)nc2)CCC1.O=C(O)c1ccc(Cl)cc1. The summed E-state index contributed by atoms with van der Waals surface area (Å²) in [5.41, 5.74) is 15.1. The van der Waals surface area contributed by atoms with Gasteiger partial charge in [-0.3, -0.25) is 33.6 Å². The Morgan fingerprint density at radius 3 is 0.972 bits per heavy atom. The molecule has 5 amide bonds. The molecule has 4 heterocycles. The maximum Gasteiger partial charge on any atom is 0.335 e. The number of carbonyl (C=O) groups is 8. The van der Waals surface area contributed by atoms with Crippen molar-refractivity contribution in [3.05, 3.63) is 310 Å². The van der Waals surface area contributed by atoms with Crippen LogP contribution in [0.1, 0.15) is 161 Å². The normalized spacial score (nSPS) is 14.6. The summed E-state index contributed by atoms with van der Waals surface area (Å²) in [5, 5.41) is 41.9. The highest BCUT2D eigenvalue weighted by atomic mass is 35.5. The number of nitrogens with one attached hydrogen (secondary N) is 4. The number of aromatic carboxylic acids is 1. The van der Waals surface area contributed by atoms with Gasteiger partial charge in [-0.2, -0.15) is 0 Å². The highest BCUT2D eigenvalue weighted by Gasteiger charge is 2.47. The number of aliphatic carboxylic acids is 2. The van der Waals surface area contributed by atoms with Crippen molar-refractivity contribution in [3.63, 3.8) is 0 Å². The van der Waals surface area contributed by atoms with Gasteiger partial charge in [0.05, 0.1) is 21.9 Å². The topological polar surface area (TPSA) is 349 Å². The molecule has 0 atom stereocenters. The van der Waals surface area contributed by atoms with Gasteiger partial charge in [-0.25, -0.2) is 24.7 Å². The number of primary amides is 1. The Hall–Kier alpha value is -10.3. The van der Waals surface area contributed by atoms with Crippen LogP contribution in [-0.2, 0) is 31.5 Å². The first-order chi connectivity index (χ1) is 51.6. The molecule has 0 unspecified atom stereocenters. The predicted octanol–water partition coefficient (Wildman–Crippen LogP) is 18.0. The van der Waals surface area contributed by atoms with Crippen LogP contribution in [0.3, 0.4) is 0 Å². The van der Waals surface area contributed by atoms with Gasteiger partial charge in [0, 0.05) is 88.3 Å². The molecular weight excluding hydrogens is 1530 g/mol. The second-order valence-electron chi connectivity index (χ2n) is 25.6. The number of carboxylic acids is 3. The van der Waals surface area contributed by atoms with Crippen molar-refractivity contribution in [1.82, 2.24) is 25.3 Å². The van der Waals surface area contributed by atoms with E-state index in [1.54, 1.807) is 182 Å². The molecule has 28 heteroatoms. The molecule has 4 aliphatic carbocycles. The zero-order valence-corrected chi connectivity index (χ0v) is 62.8. The summed E-state index contributed by atoms with van der Waals surface area (Å²) in [4.78, 5) is 109. The number of benzene rings is 6. The van der Waals surface area contributed by atoms with Gasteiger partial charge in [0.2, 0.25) is 5.91 Å². The van der Waals surface area contributed by atoms with Gasteiger partial charge in [-0.05, 0) is 232 Å². The van der Waals surface area contributed by atoms with Gasteiger partial charge in [-0.15, -0.1) is 0 Å². The van der Waals surface area contributed by atoms with E-state index in [0.717, 1.165) is 68.1 Å². The number of carbonyl (C=O) groups excluding carboxylic acids is 5. The van der Waals surface area contributed by atoms with Crippen molar-refractivity contribution in [2.45, 2.75) is 99.0 Å². The van der Waals surface area contributed by atoms with Crippen molar-refractivity contribution in [3.8, 4) is 0 Å². The first-order valence-electron chi connectivity index (χ1n) is 33.7. The largest absolute Gasteiger partial charge is 0.481 e.